The lowest BCUT2D eigenvalue weighted by Crippen LogP contribution is -2.74. The van der Waals surface area contributed by atoms with E-state index in [0.717, 1.165) is 16.9 Å². The van der Waals surface area contributed by atoms with Gasteiger partial charge in [0.2, 0.25) is 5.91 Å². The van der Waals surface area contributed by atoms with Gasteiger partial charge in [0.1, 0.15) is 29.1 Å². The first-order chi connectivity index (χ1) is 17.8. The summed E-state index contributed by atoms with van der Waals surface area (Å²) in [5, 5.41) is 19.8. The maximum absolute atomic E-state index is 13.0. The number of amides is 2. The lowest BCUT2D eigenvalue weighted by molar-refractivity contribution is -0.157. The van der Waals surface area contributed by atoms with Crippen molar-refractivity contribution in [3.63, 3.8) is 0 Å². The zero-order valence-electron chi connectivity index (χ0n) is 19.5. The standard InChI is InChI=1S/C23H24N6O5S3/c1-2-7-34-28-16(15-10-36-22(24)26-15)18(30)27-17-19(31)29-11-23(21(32)33,13-37-20(17)29)12-35-8-5-14-4-3-6-25-9-14/h2-6,8-10,17,20H,1,7,11-13H2,(H2,24,26)(H,27,30)(H,32,33)/t17?,20-,23?/m1/s1. The molecule has 3 atom stereocenters. The molecule has 0 aromatic carbocycles. The van der Waals surface area contributed by atoms with Crippen molar-refractivity contribution in [2.75, 3.05) is 30.4 Å². The molecule has 2 unspecified atom stereocenters. The molecule has 2 aliphatic heterocycles. The fourth-order valence-corrected chi connectivity index (χ4v) is 6.88. The maximum atomic E-state index is 13.0. The molecule has 0 radical (unpaired) electrons. The van der Waals surface area contributed by atoms with Gasteiger partial charge < -0.3 is 25.9 Å². The van der Waals surface area contributed by atoms with Crippen LogP contribution in [0, 0.1) is 5.41 Å². The van der Waals surface area contributed by atoms with Gasteiger partial charge >= 0.3 is 5.97 Å². The smallest absolute Gasteiger partial charge is 0.313 e. The second-order valence-corrected chi connectivity index (χ2v) is 11.1. The Hall–Kier alpha value is -3.36. The number of nitrogen functional groups attached to an aromatic ring is 1. The topological polar surface area (TPSA) is 160 Å². The number of nitrogens with zero attached hydrogens (tertiary/aromatic N) is 4. The number of nitrogens with one attached hydrogen (secondary N) is 1. The largest absolute Gasteiger partial charge is 0.481 e. The Labute approximate surface area is 225 Å². The molecule has 37 heavy (non-hydrogen) atoms. The number of nitrogens with two attached hydrogens (primary N) is 1. The summed E-state index contributed by atoms with van der Waals surface area (Å²) in [6.45, 7) is 3.68. The molecule has 194 valence electrons. The number of carbonyl (C=O) groups is 3. The quantitative estimate of drug-likeness (QED) is 0.122. The van der Waals surface area contributed by atoms with Crippen molar-refractivity contribution in [3.05, 3.63) is 59.2 Å². The minimum atomic E-state index is -1.11. The van der Waals surface area contributed by atoms with Crippen molar-refractivity contribution in [2.45, 2.75) is 11.4 Å². The van der Waals surface area contributed by atoms with E-state index in [1.807, 2.05) is 23.6 Å². The number of aromatic nitrogens is 2. The highest BCUT2D eigenvalue weighted by Crippen LogP contribution is 2.43. The first-order valence-corrected chi connectivity index (χ1v) is 14.0. The average Bonchev–Trinajstić information content (AvgIpc) is 3.33. The minimum absolute atomic E-state index is 0.0605. The van der Waals surface area contributed by atoms with Gasteiger partial charge in [-0.3, -0.25) is 19.4 Å². The van der Waals surface area contributed by atoms with Crippen LogP contribution < -0.4 is 11.1 Å². The molecule has 2 aromatic rings. The highest BCUT2D eigenvalue weighted by atomic mass is 32.2. The van der Waals surface area contributed by atoms with Crippen LogP contribution in [0.25, 0.3) is 6.08 Å². The number of β-lactam (4-membered cyclic amide) rings is 1. The number of thioether (sulfide) groups is 2. The third-order valence-electron chi connectivity index (χ3n) is 5.61. The molecule has 0 spiro atoms. The van der Waals surface area contributed by atoms with Crippen LogP contribution in [0.5, 0.6) is 0 Å². The van der Waals surface area contributed by atoms with E-state index in [2.05, 4.69) is 27.0 Å². The van der Waals surface area contributed by atoms with Crippen LogP contribution in [0.2, 0.25) is 0 Å². The predicted octanol–water partition coefficient (Wildman–Crippen LogP) is 1.90. The molecule has 2 aliphatic rings. The van der Waals surface area contributed by atoms with Gasteiger partial charge in [-0.2, -0.15) is 0 Å². The number of carbonyl (C=O) groups excluding carboxylic acids is 2. The van der Waals surface area contributed by atoms with Gasteiger partial charge in [0.25, 0.3) is 5.91 Å². The Morgan fingerprint density at radius 1 is 1.49 bits per heavy atom. The van der Waals surface area contributed by atoms with Gasteiger partial charge in [-0.05, 0) is 23.1 Å². The first kappa shape index (κ1) is 26.7. The first-order valence-electron chi connectivity index (χ1n) is 11.0. The molecule has 2 amide bonds. The second kappa shape index (κ2) is 11.8. The van der Waals surface area contributed by atoms with E-state index in [4.69, 9.17) is 10.6 Å². The number of anilines is 1. The van der Waals surface area contributed by atoms with Crippen LogP contribution in [0.1, 0.15) is 11.3 Å². The SMILES string of the molecule is C=CCON=C(C(=O)NC1C(=O)N2CC(CSC=Cc3cccnc3)(C(=O)O)CS[C@H]12)c1csc(N)n1. The normalized spacial score (nSPS) is 23.3. The van der Waals surface area contributed by atoms with Crippen LogP contribution >= 0.6 is 34.9 Å². The summed E-state index contributed by atoms with van der Waals surface area (Å²) >= 11 is 3.85. The van der Waals surface area contributed by atoms with Crippen molar-refractivity contribution in [1.82, 2.24) is 20.2 Å². The lowest BCUT2D eigenvalue weighted by atomic mass is 9.89. The molecule has 14 heteroatoms. The van der Waals surface area contributed by atoms with Crippen LogP contribution in [-0.4, -0.2) is 79.5 Å². The number of hydrogen-bond donors (Lipinski definition) is 3. The van der Waals surface area contributed by atoms with Crippen molar-refractivity contribution in [3.8, 4) is 0 Å². The average molecular weight is 561 g/mol. The molecule has 2 aromatic heterocycles. The van der Waals surface area contributed by atoms with Gasteiger partial charge in [-0.25, -0.2) is 4.98 Å². The van der Waals surface area contributed by atoms with Crippen molar-refractivity contribution in [1.29, 1.82) is 0 Å². The monoisotopic (exact) mass is 560 g/mol. The summed E-state index contributed by atoms with van der Waals surface area (Å²) in [5.74, 6) is -1.36. The Bertz CT molecular complexity index is 1240. The third kappa shape index (κ3) is 5.97. The van der Waals surface area contributed by atoms with Crippen molar-refractivity contribution >= 4 is 69.6 Å². The fraction of sp³-hybridized carbons (Fsp3) is 0.304. The molecular weight excluding hydrogens is 536 g/mol. The molecule has 4 rings (SSSR count). The summed E-state index contributed by atoms with van der Waals surface area (Å²) in [7, 11) is 0. The predicted molar refractivity (Wildman–Crippen MR) is 145 cm³/mol. The molecule has 0 saturated carbocycles. The van der Waals surface area contributed by atoms with Crippen LogP contribution in [0.15, 0.2) is 53.1 Å². The van der Waals surface area contributed by atoms with Crippen LogP contribution in [0.3, 0.4) is 0 Å². The molecule has 0 aliphatic carbocycles. The number of thiazole rings is 1. The van der Waals surface area contributed by atoms with Gasteiger partial charge in [0.05, 0.1) is 0 Å². The number of oxime groups is 1. The Balaban J connectivity index is 1.39. The Morgan fingerprint density at radius 2 is 2.32 bits per heavy atom. The van der Waals surface area contributed by atoms with E-state index in [1.54, 1.807) is 17.8 Å². The number of aliphatic carboxylic acids is 1. The summed E-state index contributed by atoms with van der Waals surface area (Å²) in [6, 6.07) is 2.90. The number of rotatable bonds is 11. The number of pyridine rings is 1. The van der Waals surface area contributed by atoms with Gasteiger partial charge in [0.15, 0.2) is 10.8 Å². The number of carboxylic acids is 1. The number of carboxylic acid groups (broad SMARTS) is 1. The fourth-order valence-electron chi connectivity index (χ4n) is 3.68. The number of hydrogen-bond acceptors (Lipinski definition) is 11. The minimum Gasteiger partial charge on any atom is -0.481 e. The van der Waals surface area contributed by atoms with Gasteiger partial charge in [-0.15, -0.1) is 34.9 Å². The molecule has 2 fully saturated rings. The van der Waals surface area contributed by atoms with E-state index >= 15 is 0 Å². The van der Waals surface area contributed by atoms with Gasteiger partial charge in [-0.1, -0.05) is 23.9 Å². The van der Waals surface area contributed by atoms with E-state index in [9.17, 15) is 19.5 Å². The van der Waals surface area contributed by atoms with Crippen LogP contribution in [0.4, 0.5) is 5.13 Å². The molecule has 4 N–H and O–H groups in total. The second-order valence-electron chi connectivity index (χ2n) is 8.20. The summed E-state index contributed by atoms with van der Waals surface area (Å²) in [6.07, 6.45) is 6.73. The molecule has 2 saturated heterocycles. The third-order valence-corrected chi connectivity index (χ3v) is 8.92. The Morgan fingerprint density at radius 3 is 3.00 bits per heavy atom. The summed E-state index contributed by atoms with van der Waals surface area (Å²) < 4.78 is 0. The molecule has 0 bridgehead atoms. The zero-order chi connectivity index (χ0) is 26.4. The maximum Gasteiger partial charge on any atom is 0.313 e. The van der Waals surface area contributed by atoms with E-state index in [-0.39, 0.29) is 41.0 Å². The zero-order valence-corrected chi connectivity index (χ0v) is 21.9. The highest BCUT2D eigenvalue weighted by Gasteiger charge is 2.57. The number of fused-ring (bicyclic) bond motifs is 1. The molecular formula is C23H24N6O5S3. The Kier molecular flexibility index (Phi) is 8.51. The van der Waals surface area contributed by atoms with Crippen LogP contribution in [-0.2, 0) is 19.2 Å². The summed E-state index contributed by atoms with van der Waals surface area (Å²) in [4.78, 5) is 52.9. The van der Waals surface area contributed by atoms with E-state index in [1.165, 1.54) is 34.5 Å². The van der Waals surface area contributed by atoms with Crippen molar-refractivity contribution < 1.29 is 24.3 Å². The molecule has 11 nitrogen and oxygen atoms in total. The van der Waals surface area contributed by atoms with Gasteiger partial charge in [0, 0.05) is 35.8 Å². The summed E-state index contributed by atoms with van der Waals surface area (Å²) in [5.41, 5.74) is 5.60. The van der Waals surface area contributed by atoms with E-state index in [0.29, 0.717) is 11.5 Å². The highest BCUT2D eigenvalue weighted by molar-refractivity contribution is 8.02. The molecule has 4 heterocycles. The van der Waals surface area contributed by atoms with Crippen molar-refractivity contribution in [2.24, 2.45) is 10.6 Å². The van der Waals surface area contributed by atoms with E-state index < -0.39 is 23.3 Å². The lowest BCUT2D eigenvalue weighted by Gasteiger charge is -2.53.